The Kier molecular flexibility index (Phi) is 4.87. The van der Waals surface area contributed by atoms with E-state index in [1.807, 2.05) is 10.6 Å². The van der Waals surface area contributed by atoms with E-state index in [1.54, 1.807) is 0 Å². The molecule has 128 valence electrons. The van der Waals surface area contributed by atoms with Crippen LogP contribution in [0.25, 0.3) is 5.52 Å². The number of aliphatic hydroxyl groups is 1. The van der Waals surface area contributed by atoms with Crippen molar-refractivity contribution >= 4 is 17.0 Å². The number of likely N-dealkylation sites (N-methyl/N-ethyl adjacent to an activating group) is 1. The van der Waals surface area contributed by atoms with Crippen molar-refractivity contribution in [3.05, 3.63) is 30.8 Å². The third-order valence-electron chi connectivity index (χ3n) is 5.08. The number of nitrogens with zero attached hydrogens (tertiary/aromatic N) is 4. The van der Waals surface area contributed by atoms with Gasteiger partial charge in [0.15, 0.2) is 5.82 Å². The highest BCUT2D eigenvalue weighted by molar-refractivity contribution is 5.81. The topological polar surface area (TPSA) is 66.8 Å². The third-order valence-corrected chi connectivity index (χ3v) is 5.08. The van der Waals surface area contributed by atoms with Crippen molar-refractivity contribution in [3.63, 3.8) is 0 Å². The highest BCUT2D eigenvalue weighted by Gasteiger charge is 2.30. The first kappa shape index (κ1) is 17.6. The molecule has 0 aliphatic carbocycles. The van der Waals surface area contributed by atoms with E-state index in [2.05, 4.69) is 31.9 Å². The summed E-state index contributed by atoms with van der Waals surface area (Å²) in [5.41, 5.74) is 10.4. The molecule has 3 rings (SSSR count). The second kappa shape index (κ2) is 6.37. The molecule has 0 radical (unpaired) electrons. The van der Waals surface area contributed by atoms with E-state index in [1.165, 1.54) is 5.56 Å². The van der Waals surface area contributed by atoms with Crippen LogP contribution in [0, 0.1) is 21.3 Å². The molecular formula is C17H29N5O. The zero-order valence-electron chi connectivity index (χ0n) is 14.7. The number of quaternary nitrogens is 1. The number of fused-ring (bicyclic) bond motifs is 1. The molecule has 23 heavy (non-hydrogen) atoms. The zero-order chi connectivity index (χ0) is 15.9. The number of rotatable bonds is 3. The monoisotopic (exact) mass is 319 g/mol. The maximum Gasteiger partial charge on any atom is 0.175 e. The van der Waals surface area contributed by atoms with Gasteiger partial charge < -0.3 is 27.6 Å². The van der Waals surface area contributed by atoms with Crippen LogP contribution < -0.4 is 10.6 Å². The number of nitrogen functional groups attached to an aromatic ring is 1. The molecule has 2 aromatic rings. The molecule has 1 fully saturated rings. The molecule has 6 nitrogen and oxygen atoms in total. The lowest BCUT2D eigenvalue weighted by molar-refractivity contribution is -0.910. The number of aliphatic hydroxyl groups excluding tert-OH is 1. The molecule has 2 aromatic heterocycles. The SMILES string of the molecule is Cc1ccc2c(N)c(N3CC[N+](C)(CCO)CC3)nn2c1C.[CH3-]. The number of hydrogen-bond acceptors (Lipinski definition) is 4. The summed E-state index contributed by atoms with van der Waals surface area (Å²) < 4.78 is 2.87. The van der Waals surface area contributed by atoms with Gasteiger partial charge in [0.25, 0.3) is 0 Å². The van der Waals surface area contributed by atoms with Crippen LogP contribution in [-0.4, -0.2) is 65.6 Å². The summed E-state index contributed by atoms with van der Waals surface area (Å²) in [5.74, 6) is 0.893. The first-order chi connectivity index (χ1) is 10.4. The smallest absolute Gasteiger partial charge is 0.175 e. The highest BCUT2D eigenvalue weighted by Crippen LogP contribution is 2.29. The standard InChI is InChI=1S/C16H26N5O.CH3/c1-12-4-5-14-15(17)16(18-20(14)13(12)2)19-6-8-21(3,9-7-19)10-11-22;/h4-5,22H,6-11,17H2,1-3H3;1H3/q+1;-1. The van der Waals surface area contributed by atoms with E-state index < -0.39 is 0 Å². The van der Waals surface area contributed by atoms with Gasteiger partial charge in [-0.05, 0) is 25.5 Å². The second-order valence-corrected chi connectivity index (χ2v) is 6.64. The van der Waals surface area contributed by atoms with Gasteiger partial charge >= 0.3 is 0 Å². The predicted octanol–water partition coefficient (Wildman–Crippen LogP) is 1.24. The van der Waals surface area contributed by atoms with Crippen molar-refractivity contribution in [2.75, 3.05) is 57.0 Å². The Hall–Kier alpha value is -1.79. The highest BCUT2D eigenvalue weighted by atomic mass is 16.3. The number of hydrogen-bond donors (Lipinski definition) is 2. The number of aromatic nitrogens is 2. The van der Waals surface area contributed by atoms with Crippen molar-refractivity contribution in [2.45, 2.75) is 13.8 Å². The van der Waals surface area contributed by atoms with Crippen LogP contribution in [-0.2, 0) is 0 Å². The lowest BCUT2D eigenvalue weighted by Gasteiger charge is -2.41. The Bertz CT molecular complexity index is 686. The minimum atomic E-state index is 0. The number of nitrogens with two attached hydrogens (primary N) is 1. The molecule has 0 saturated carbocycles. The lowest BCUT2D eigenvalue weighted by Crippen LogP contribution is -2.58. The molecule has 3 heterocycles. The summed E-state index contributed by atoms with van der Waals surface area (Å²) in [4.78, 5) is 2.27. The van der Waals surface area contributed by atoms with Crippen molar-refractivity contribution in [1.29, 1.82) is 0 Å². The van der Waals surface area contributed by atoms with Crippen LogP contribution in [0.3, 0.4) is 0 Å². The van der Waals surface area contributed by atoms with Crippen molar-refractivity contribution in [3.8, 4) is 0 Å². The molecule has 0 spiro atoms. The summed E-state index contributed by atoms with van der Waals surface area (Å²) in [6, 6.07) is 4.14. The fraction of sp³-hybridized carbons (Fsp3) is 0.529. The molecule has 0 amide bonds. The fourth-order valence-electron chi connectivity index (χ4n) is 3.20. The summed E-state index contributed by atoms with van der Waals surface area (Å²) >= 11 is 0. The molecule has 3 N–H and O–H groups in total. The van der Waals surface area contributed by atoms with Crippen LogP contribution in [0.1, 0.15) is 11.3 Å². The third kappa shape index (κ3) is 3.01. The Morgan fingerprint density at radius 3 is 2.52 bits per heavy atom. The van der Waals surface area contributed by atoms with Crippen LogP contribution in [0.4, 0.5) is 11.5 Å². The minimum Gasteiger partial charge on any atom is -0.394 e. The van der Waals surface area contributed by atoms with Crippen LogP contribution in [0.15, 0.2) is 12.1 Å². The summed E-state index contributed by atoms with van der Waals surface area (Å²) in [7, 11) is 2.20. The predicted molar refractivity (Wildman–Crippen MR) is 95.6 cm³/mol. The van der Waals surface area contributed by atoms with Gasteiger partial charge in [-0.1, -0.05) is 6.07 Å². The van der Waals surface area contributed by atoms with Crippen LogP contribution in [0.2, 0.25) is 0 Å². The van der Waals surface area contributed by atoms with E-state index in [4.69, 9.17) is 10.8 Å². The molecule has 1 aliphatic heterocycles. The summed E-state index contributed by atoms with van der Waals surface area (Å²) in [6.45, 7) is 9.07. The summed E-state index contributed by atoms with van der Waals surface area (Å²) in [5, 5.41) is 13.9. The van der Waals surface area contributed by atoms with Gasteiger partial charge in [0.2, 0.25) is 0 Å². The average molecular weight is 319 g/mol. The molecule has 0 atom stereocenters. The number of anilines is 2. The van der Waals surface area contributed by atoms with E-state index in [0.717, 1.165) is 59.9 Å². The van der Waals surface area contributed by atoms with Gasteiger partial charge in [0.1, 0.15) is 12.2 Å². The van der Waals surface area contributed by atoms with Gasteiger partial charge in [-0.15, -0.1) is 5.10 Å². The molecule has 1 aliphatic rings. The Balaban J connectivity index is 0.00000192. The van der Waals surface area contributed by atoms with Crippen LogP contribution >= 0.6 is 0 Å². The minimum absolute atomic E-state index is 0. The van der Waals surface area contributed by atoms with E-state index in [0.29, 0.717) is 0 Å². The molecule has 1 saturated heterocycles. The van der Waals surface area contributed by atoms with Crippen LogP contribution in [0.5, 0.6) is 0 Å². The van der Waals surface area contributed by atoms with Gasteiger partial charge in [-0.3, -0.25) is 0 Å². The van der Waals surface area contributed by atoms with E-state index in [9.17, 15) is 5.11 Å². The molecule has 0 unspecified atom stereocenters. The van der Waals surface area contributed by atoms with Gasteiger partial charge in [-0.2, -0.15) is 0 Å². The number of aryl methyl sites for hydroxylation is 2. The molecular weight excluding hydrogens is 290 g/mol. The quantitative estimate of drug-likeness (QED) is 0.660. The molecule has 6 heteroatoms. The average Bonchev–Trinajstić information content (AvgIpc) is 2.82. The van der Waals surface area contributed by atoms with Crippen molar-refractivity contribution in [2.24, 2.45) is 0 Å². The van der Waals surface area contributed by atoms with E-state index in [-0.39, 0.29) is 14.0 Å². The lowest BCUT2D eigenvalue weighted by atomic mass is 10.2. The molecule has 0 aromatic carbocycles. The van der Waals surface area contributed by atoms with Gasteiger partial charge in [-0.25, -0.2) is 4.52 Å². The normalized spacial score (nSPS) is 17.3. The Morgan fingerprint density at radius 1 is 1.26 bits per heavy atom. The first-order valence-corrected chi connectivity index (χ1v) is 7.89. The van der Waals surface area contributed by atoms with Gasteiger partial charge in [0, 0.05) is 5.69 Å². The largest absolute Gasteiger partial charge is 0.394 e. The maximum absolute atomic E-state index is 9.20. The maximum atomic E-state index is 9.20. The first-order valence-electron chi connectivity index (χ1n) is 7.89. The van der Waals surface area contributed by atoms with E-state index >= 15 is 0 Å². The van der Waals surface area contributed by atoms with Crippen molar-refractivity contribution in [1.82, 2.24) is 9.61 Å². The number of pyridine rings is 1. The fourth-order valence-corrected chi connectivity index (χ4v) is 3.20. The summed E-state index contributed by atoms with van der Waals surface area (Å²) in [6.07, 6.45) is 0. The Morgan fingerprint density at radius 2 is 1.91 bits per heavy atom. The van der Waals surface area contributed by atoms with Gasteiger partial charge in [0.05, 0.1) is 45.4 Å². The van der Waals surface area contributed by atoms with Crippen molar-refractivity contribution < 1.29 is 9.59 Å². The Labute approximate surface area is 138 Å². The zero-order valence-corrected chi connectivity index (χ0v) is 14.7. The second-order valence-electron chi connectivity index (χ2n) is 6.64. The number of piperazine rings is 1. The molecule has 0 bridgehead atoms.